The van der Waals surface area contributed by atoms with Gasteiger partial charge in [-0.3, -0.25) is 14.2 Å². The van der Waals surface area contributed by atoms with Crippen LogP contribution in [-0.4, -0.2) is 36.0 Å². The highest BCUT2D eigenvalue weighted by molar-refractivity contribution is 6.35. The molecule has 9 nitrogen and oxygen atoms in total. The summed E-state index contributed by atoms with van der Waals surface area (Å²) in [6.45, 7) is 0.947. The monoisotopic (exact) mass is 473 g/mol. The smallest absolute Gasteiger partial charge is 0.267 e. The molecule has 1 unspecified atom stereocenters. The van der Waals surface area contributed by atoms with Gasteiger partial charge >= 0.3 is 0 Å². The molecule has 0 amide bonds. The fraction of sp³-hybridized carbons (Fsp3) is 0.167. The number of para-hydroxylation sites is 1. The summed E-state index contributed by atoms with van der Waals surface area (Å²) in [4.78, 5) is 42.7. The maximum atomic E-state index is 13.1. The van der Waals surface area contributed by atoms with Crippen molar-refractivity contribution >= 4 is 33.5 Å². The predicted octanol–water partition coefficient (Wildman–Crippen LogP) is 3.18. The highest BCUT2D eigenvalue weighted by Crippen LogP contribution is 2.26. The topological polar surface area (TPSA) is 118 Å². The molecule has 1 fully saturated rings. The molecule has 34 heavy (non-hydrogen) atoms. The van der Waals surface area contributed by atoms with Gasteiger partial charge in [0.1, 0.15) is 17.5 Å². The number of fused-ring (bicyclic) bond motifs is 2. The van der Waals surface area contributed by atoms with Gasteiger partial charge in [0.2, 0.25) is 0 Å². The summed E-state index contributed by atoms with van der Waals surface area (Å²) in [5, 5.41) is 4.76. The first-order chi connectivity index (χ1) is 16.6. The molecule has 4 heterocycles. The summed E-state index contributed by atoms with van der Waals surface area (Å²) < 4.78 is 1.69. The van der Waals surface area contributed by atoms with Gasteiger partial charge in [0.05, 0.1) is 34.0 Å². The summed E-state index contributed by atoms with van der Waals surface area (Å²) in [6, 6.07) is 15.1. The van der Waals surface area contributed by atoms with Crippen molar-refractivity contribution in [2.75, 3.05) is 6.54 Å². The van der Waals surface area contributed by atoms with Crippen molar-refractivity contribution in [2.45, 2.75) is 18.9 Å². The molecule has 0 bridgehead atoms. The third-order valence-corrected chi connectivity index (χ3v) is 5.89. The number of nitrogens with one attached hydrogen (secondary N) is 2. The Bertz CT molecular complexity index is 1570. The molecule has 2 N–H and O–H groups in total. The van der Waals surface area contributed by atoms with E-state index >= 15 is 0 Å². The number of rotatable bonds is 2. The second kappa shape index (κ2) is 9.50. The Kier molecular flexibility index (Phi) is 6.11. The van der Waals surface area contributed by atoms with Crippen molar-refractivity contribution in [3.05, 3.63) is 98.9 Å². The predicted molar refractivity (Wildman–Crippen MR) is 130 cm³/mol. The largest absolute Gasteiger partial charge is 0.312 e. The van der Waals surface area contributed by atoms with E-state index in [1.807, 2.05) is 42.5 Å². The van der Waals surface area contributed by atoms with Crippen LogP contribution in [0, 0.1) is 0 Å². The fourth-order valence-electron chi connectivity index (χ4n) is 3.99. The molecule has 0 saturated carbocycles. The van der Waals surface area contributed by atoms with Gasteiger partial charge in [-0.15, -0.1) is 0 Å². The van der Waals surface area contributed by atoms with Crippen molar-refractivity contribution in [1.29, 1.82) is 0 Å². The van der Waals surface area contributed by atoms with Crippen molar-refractivity contribution in [2.24, 2.45) is 0 Å². The highest BCUT2D eigenvalue weighted by Gasteiger charge is 2.24. The minimum absolute atomic E-state index is 0.0892. The molecule has 0 radical (unpaired) electrons. The molecular weight excluding hydrogens is 454 g/mol. The molecule has 0 aliphatic carbocycles. The first kappa shape index (κ1) is 21.9. The van der Waals surface area contributed by atoms with E-state index in [0.29, 0.717) is 27.0 Å². The summed E-state index contributed by atoms with van der Waals surface area (Å²) in [5.74, 6) is 0.758. The van der Waals surface area contributed by atoms with Crippen LogP contribution >= 0.6 is 11.6 Å². The van der Waals surface area contributed by atoms with E-state index < -0.39 is 0 Å². The quantitative estimate of drug-likeness (QED) is 0.404. The number of benzene rings is 2. The molecule has 1 aliphatic heterocycles. The molecule has 10 heteroatoms. The summed E-state index contributed by atoms with van der Waals surface area (Å²) >= 11 is 6.26. The van der Waals surface area contributed by atoms with Crippen LogP contribution in [0.25, 0.3) is 27.6 Å². The lowest BCUT2D eigenvalue weighted by Crippen LogP contribution is -2.28. The van der Waals surface area contributed by atoms with Crippen LogP contribution in [0.3, 0.4) is 0 Å². The van der Waals surface area contributed by atoms with Gasteiger partial charge in [-0.25, -0.2) is 19.9 Å². The number of hydrogen-bond acceptors (Lipinski definition) is 7. The van der Waals surface area contributed by atoms with Gasteiger partial charge in [0.15, 0.2) is 5.65 Å². The van der Waals surface area contributed by atoms with Gasteiger partial charge in [-0.1, -0.05) is 35.9 Å². The number of halogens is 1. The Morgan fingerprint density at radius 3 is 2.65 bits per heavy atom. The zero-order chi connectivity index (χ0) is 23.5. The van der Waals surface area contributed by atoms with Crippen molar-refractivity contribution in [3.8, 4) is 5.69 Å². The lowest BCUT2D eigenvalue weighted by atomic mass is 10.1. The summed E-state index contributed by atoms with van der Waals surface area (Å²) in [7, 11) is 0. The van der Waals surface area contributed by atoms with E-state index in [1.165, 1.54) is 18.9 Å². The molecule has 1 atom stereocenters. The Balaban J connectivity index is 0.000000183. The van der Waals surface area contributed by atoms with Crippen LogP contribution < -0.4 is 16.4 Å². The second-order valence-electron chi connectivity index (χ2n) is 7.72. The molecule has 6 rings (SSSR count). The van der Waals surface area contributed by atoms with Crippen molar-refractivity contribution < 1.29 is 0 Å². The van der Waals surface area contributed by atoms with Crippen LogP contribution in [-0.2, 0) is 0 Å². The molecular formula is C24H20ClN7O2. The van der Waals surface area contributed by atoms with Gasteiger partial charge in [0, 0.05) is 6.20 Å². The van der Waals surface area contributed by atoms with Crippen LogP contribution in [0.5, 0.6) is 0 Å². The maximum absolute atomic E-state index is 13.1. The Morgan fingerprint density at radius 1 is 1.03 bits per heavy atom. The molecule has 0 spiro atoms. The third-order valence-electron chi connectivity index (χ3n) is 5.58. The van der Waals surface area contributed by atoms with E-state index in [4.69, 9.17) is 16.6 Å². The van der Waals surface area contributed by atoms with Crippen LogP contribution in [0.2, 0.25) is 5.02 Å². The second-order valence-corrected chi connectivity index (χ2v) is 8.13. The van der Waals surface area contributed by atoms with Crippen LogP contribution in [0.1, 0.15) is 24.7 Å². The maximum Gasteiger partial charge on any atom is 0.267 e. The lowest BCUT2D eigenvalue weighted by Gasteiger charge is -2.18. The van der Waals surface area contributed by atoms with Gasteiger partial charge in [0.25, 0.3) is 11.1 Å². The van der Waals surface area contributed by atoms with E-state index in [9.17, 15) is 9.59 Å². The Labute approximate surface area is 198 Å². The van der Waals surface area contributed by atoms with E-state index in [2.05, 4.69) is 25.3 Å². The Morgan fingerprint density at radius 2 is 1.88 bits per heavy atom. The van der Waals surface area contributed by atoms with Crippen LogP contribution in [0.15, 0.2) is 77.0 Å². The van der Waals surface area contributed by atoms with Gasteiger partial charge < -0.3 is 10.3 Å². The highest BCUT2D eigenvalue weighted by atomic mass is 35.5. The number of aromatic amines is 1. The Hall–Kier alpha value is -3.95. The van der Waals surface area contributed by atoms with E-state index in [1.54, 1.807) is 10.6 Å². The minimum atomic E-state index is -0.212. The molecule has 2 aromatic carbocycles. The summed E-state index contributed by atoms with van der Waals surface area (Å²) in [5.41, 5.74) is 1.56. The summed E-state index contributed by atoms with van der Waals surface area (Å²) in [6.07, 6.45) is 6.18. The van der Waals surface area contributed by atoms with Crippen molar-refractivity contribution in [3.63, 3.8) is 0 Å². The minimum Gasteiger partial charge on any atom is -0.312 e. The number of H-pyrrole nitrogens is 1. The third kappa shape index (κ3) is 4.18. The first-order valence-corrected chi connectivity index (χ1v) is 11.1. The van der Waals surface area contributed by atoms with Crippen molar-refractivity contribution in [1.82, 2.24) is 34.8 Å². The fourth-order valence-corrected chi connectivity index (χ4v) is 4.24. The number of nitrogens with zero attached hydrogens (tertiary/aromatic N) is 5. The average molecular weight is 474 g/mol. The molecule has 1 saturated heterocycles. The normalized spacial score (nSPS) is 15.3. The molecule has 170 valence electrons. The van der Waals surface area contributed by atoms with Gasteiger partial charge in [-0.05, 0) is 43.7 Å². The lowest BCUT2D eigenvalue weighted by molar-refractivity contribution is 0.584. The van der Waals surface area contributed by atoms with Gasteiger partial charge in [-0.2, -0.15) is 0 Å². The zero-order valence-corrected chi connectivity index (χ0v) is 18.7. The average Bonchev–Trinajstić information content (AvgIpc) is 3.40. The number of aromatic nitrogens is 6. The molecule has 3 aromatic heterocycles. The zero-order valence-electron chi connectivity index (χ0n) is 18.0. The van der Waals surface area contributed by atoms with E-state index in [-0.39, 0.29) is 17.2 Å². The molecule has 1 aliphatic rings. The molecule has 5 aromatic rings. The van der Waals surface area contributed by atoms with E-state index in [0.717, 1.165) is 30.9 Å². The number of hydrogen-bond donors (Lipinski definition) is 2. The first-order valence-electron chi connectivity index (χ1n) is 10.8. The standard InChI is InChI=1S/C18H16ClN3O.C6H4N4O/c19-13-8-4-9-14-16(13)18(23)22(12-6-2-1-3-7-12)17(21-14)15-10-5-11-20-15;11-6-4-1-7-2-8-5(4)9-3-10-6/h1-4,6-9,15,20H,5,10-11H2;1-3H,(H,7,8,9,10,11). The SMILES string of the molecule is O=c1[nH]cnc2ncncc12.O=c1c2c(Cl)cccc2nc(C2CCCN2)n1-c1ccccc1. The van der Waals surface area contributed by atoms with Crippen LogP contribution in [0.4, 0.5) is 0 Å².